The first kappa shape index (κ1) is 12.2. The molecular weight excluding hydrogens is 255 g/mol. The van der Waals surface area contributed by atoms with Gasteiger partial charge in [0.1, 0.15) is 0 Å². The molecule has 1 amide bonds. The molecule has 1 N–H and O–H groups in total. The molecule has 0 saturated heterocycles. The standard InChI is InChI=1S/C11H9ClF3NO/c1-10(2)7-5(11(13,14)15)3-4-6(12)8(7)16-9(10)17/h3-4H,1-2H3,(H,16,17). The molecule has 92 valence electrons. The van der Waals surface area contributed by atoms with E-state index in [1.165, 1.54) is 13.8 Å². The molecule has 1 aliphatic heterocycles. The van der Waals surface area contributed by atoms with Gasteiger partial charge in [0.2, 0.25) is 5.91 Å². The van der Waals surface area contributed by atoms with Crippen molar-refractivity contribution in [3.8, 4) is 0 Å². The van der Waals surface area contributed by atoms with E-state index in [4.69, 9.17) is 11.6 Å². The molecule has 0 bridgehead atoms. The smallest absolute Gasteiger partial charge is 0.324 e. The fourth-order valence-electron chi connectivity index (χ4n) is 1.97. The van der Waals surface area contributed by atoms with Crippen molar-refractivity contribution in [1.82, 2.24) is 0 Å². The van der Waals surface area contributed by atoms with Crippen LogP contribution in [-0.4, -0.2) is 5.91 Å². The van der Waals surface area contributed by atoms with Crippen LogP contribution in [0.5, 0.6) is 0 Å². The molecule has 0 aliphatic carbocycles. The summed E-state index contributed by atoms with van der Waals surface area (Å²) >= 11 is 5.80. The van der Waals surface area contributed by atoms with E-state index in [0.717, 1.165) is 12.1 Å². The van der Waals surface area contributed by atoms with E-state index < -0.39 is 23.1 Å². The zero-order valence-electron chi connectivity index (χ0n) is 9.07. The molecule has 0 saturated carbocycles. The molecule has 0 fully saturated rings. The van der Waals surface area contributed by atoms with E-state index in [9.17, 15) is 18.0 Å². The molecule has 2 rings (SSSR count). The third kappa shape index (κ3) is 1.69. The molecule has 2 nitrogen and oxygen atoms in total. The number of hydrogen-bond acceptors (Lipinski definition) is 1. The number of amides is 1. The first-order valence-corrected chi connectivity index (χ1v) is 5.25. The lowest BCUT2D eigenvalue weighted by Crippen LogP contribution is -2.28. The third-order valence-corrected chi connectivity index (χ3v) is 3.21. The normalized spacial score (nSPS) is 17.9. The molecular formula is C11H9ClF3NO. The summed E-state index contributed by atoms with van der Waals surface area (Å²) in [5.74, 6) is -0.480. The Bertz CT molecular complexity index is 508. The van der Waals surface area contributed by atoms with Crippen molar-refractivity contribution in [3.63, 3.8) is 0 Å². The summed E-state index contributed by atoms with van der Waals surface area (Å²) < 4.78 is 38.6. The molecule has 1 aliphatic rings. The number of hydrogen-bond donors (Lipinski definition) is 1. The summed E-state index contributed by atoms with van der Waals surface area (Å²) in [6.45, 7) is 2.89. The number of fused-ring (bicyclic) bond motifs is 1. The number of halogens is 4. The minimum absolute atomic E-state index is 0.0662. The van der Waals surface area contributed by atoms with Gasteiger partial charge in [-0.1, -0.05) is 11.6 Å². The highest BCUT2D eigenvalue weighted by Crippen LogP contribution is 2.47. The van der Waals surface area contributed by atoms with Gasteiger partial charge in [-0.3, -0.25) is 4.79 Å². The van der Waals surface area contributed by atoms with Crippen LogP contribution >= 0.6 is 11.6 Å². The third-order valence-electron chi connectivity index (χ3n) is 2.89. The van der Waals surface area contributed by atoms with E-state index in [2.05, 4.69) is 5.32 Å². The van der Waals surface area contributed by atoms with Gasteiger partial charge in [-0.2, -0.15) is 13.2 Å². The highest BCUT2D eigenvalue weighted by Gasteiger charge is 2.47. The van der Waals surface area contributed by atoms with E-state index in [1.807, 2.05) is 0 Å². The van der Waals surface area contributed by atoms with Crippen molar-refractivity contribution in [2.75, 3.05) is 5.32 Å². The Morgan fingerprint density at radius 1 is 1.29 bits per heavy atom. The quantitative estimate of drug-likeness (QED) is 0.761. The van der Waals surface area contributed by atoms with Crippen LogP contribution in [0.4, 0.5) is 18.9 Å². The summed E-state index contributed by atoms with van der Waals surface area (Å²) in [7, 11) is 0. The van der Waals surface area contributed by atoms with Gasteiger partial charge >= 0.3 is 6.18 Å². The summed E-state index contributed by atoms with van der Waals surface area (Å²) in [6.07, 6.45) is -4.50. The first-order chi connectivity index (χ1) is 7.65. The van der Waals surface area contributed by atoms with Crippen molar-refractivity contribution in [3.05, 3.63) is 28.3 Å². The maximum absolute atomic E-state index is 12.9. The molecule has 0 aromatic heterocycles. The molecule has 0 unspecified atom stereocenters. The summed E-state index contributed by atoms with van der Waals surface area (Å²) in [5.41, 5.74) is -2.07. The summed E-state index contributed by atoms with van der Waals surface area (Å²) in [4.78, 5) is 11.6. The Morgan fingerprint density at radius 2 is 1.88 bits per heavy atom. The van der Waals surface area contributed by atoms with Gasteiger partial charge in [-0.05, 0) is 26.0 Å². The van der Waals surface area contributed by atoms with Crippen molar-refractivity contribution >= 4 is 23.2 Å². The van der Waals surface area contributed by atoms with E-state index in [-0.39, 0.29) is 16.3 Å². The predicted octanol–water partition coefficient (Wildman–Crippen LogP) is 3.59. The Kier molecular flexibility index (Phi) is 2.43. The van der Waals surface area contributed by atoms with E-state index in [0.29, 0.717) is 0 Å². The molecule has 1 aromatic carbocycles. The SMILES string of the molecule is CC1(C)C(=O)Nc2c(Cl)ccc(C(F)(F)F)c21. The molecule has 0 radical (unpaired) electrons. The lowest BCUT2D eigenvalue weighted by Gasteiger charge is -2.20. The largest absolute Gasteiger partial charge is 0.416 e. The van der Waals surface area contributed by atoms with Crippen LogP contribution in [0.25, 0.3) is 0 Å². The monoisotopic (exact) mass is 263 g/mol. The van der Waals surface area contributed by atoms with Crippen LogP contribution in [0.2, 0.25) is 5.02 Å². The molecule has 0 spiro atoms. The van der Waals surface area contributed by atoms with Crippen molar-refractivity contribution in [1.29, 1.82) is 0 Å². The fourth-order valence-corrected chi connectivity index (χ4v) is 2.17. The average molecular weight is 264 g/mol. The van der Waals surface area contributed by atoms with Gasteiger partial charge in [0.15, 0.2) is 0 Å². The van der Waals surface area contributed by atoms with Crippen molar-refractivity contribution in [2.45, 2.75) is 25.4 Å². The topological polar surface area (TPSA) is 29.1 Å². The van der Waals surface area contributed by atoms with E-state index >= 15 is 0 Å². The molecule has 0 atom stereocenters. The van der Waals surface area contributed by atoms with Gasteiger partial charge in [0.25, 0.3) is 0 Å². The predicted molar refractivity (Wildman–Crippen MR) is 58.1 cm³/mol. The number of alkyl halides is 3. The number of anilines is 1. The minimum atomic E-state index is -4.50. The number of nitrogens with one attached hydrogen (secondary N) is 1. The number of carbonyl (C=O) groups excluding carboxylic acids is 1. The molecule has 6 heteroatoms. The Morgan fingerprint density at radius 3 is 2.41 bits per heavy atom. The zero-order chi connectivity index (χ0) is 13.0. The van der Waals surface area contributed by atoms with E-state index in [1.54, 1.807) is 0 Å². The Balaban J connectivity index is 2.78. The van der Waals surface area contributed by atoms with Crippen molar-refractivity contribution < 1.29 is 18.0 Å². The van der Waals surface area contributed by atoms with Gasteiger partial charge < -0.3 is 5.32 Å². The summed E-state index contributed by atoms with van der Waals surface area (Å²) in [6, 6.07) is 2.05. The van der Waals surface area contributed by atoms with Crippen LogP contribution in [0.3, 0.4) is 0 Å². The number of rotatable bonds is 0. The molecule has 1 aromatic rings. The maximum Gasteiger partial charge on any atom is 0.416 e. The number of benzene rings is 1. The highest BCUT2D eigenvalue weighted by atomic mass is 35.5. The van der Waals surface area contributed by atoms with Gasteiger partial charge in [-0.25, -0.2) is 0 Å². The van der Waals surface area contributed by atoms with Crippen molar-refractivity contribution in [2.24, 2.45) is 0 Å². The Labute approximate surface area is 101 Å². The van der Waals surface area contributed by atoms with Crippen LogP contribution in [0.15, 0.2) is 12.1 Å². The van der Waals surface area contributed by atoms with Crippen LogP contribution in [-0.2, 0) is 16.4 Å². The second-order valence-electron chi connectivity index (χ2n) is 4.42. The lowest BCUT2D eigenvalue weighted by molar-refractivity contribution is -0.138. The molecule has 1 heterocycles. The van der Waals surface area contributed by atoms with Gasteiger partial charge in [-0.15, -0.1) is 0 Å². The minimum Gasteiger partial charge on any atom is -0.324 e. The maximum atomic E-state index is 12.9. The lowest BCUT2D eigenvalue weighted by atomic mass is 9.83. The highest BCUT2D eigenvalue weighted by molar-refractivity contribution is 6.35. The molecule has 17 heavy (non-hydrogen) atoms. The average Bonchev–Trinajstić information content (AvgIpc) is 2.40. The summed E-state index contributed by atoms with van der Waals surface area (Å²) in [5, 5.41) is 2.52. The zero-order valence-corrected chi connectivity index (χ0v) is 9.83. The second kappa shape index (κ2) is 3.38. The Hall–Kier alpha value is -1.23. The van der Waals surface area contributed by atoms with Gasteiger partial charge in [0.05, 0.1) is 21.7 Å². The second-order valence-corrected chi connectivity index (χ2v) is 4.83. The van der Waals surface area contributed by atoms with Crippen LogP contribution < -0.4 is 5.32 Å². The number of carbonyl (C=O) groups is 1. The van der Waals surface area contributed by atoms with Crippen LogP contribution in [0, 0.1) is 0 Å². The fraction of sp³-hybridized carbons (Fsp3) is 0.364. The first-order valence-electron chi connectivity index (χ1n) is 4.87. The van der Waals surface area contributed by atoms with Gasteiger partial charge in [0, 0.05) is 5.56 Å². The van der Waals surface area contributed by atoms with Crippen LogP contribution in [0.1, 0.15) is 25.0 Å².